The average molecular weight is 708 g/mol. The molecule has 0 bridgehead atoms. The summed E-state index contributed by atoms with van der Waals surface area (Å²) in [5.41, 5.74) is 1.91. The number of fused-ring (bicyclic) bond motifs is 1. The normalized spacial score (nSPS) is 22.6. The largest absolute Gasteiger partial charge is 1.00 e. The maximum Gasteiger partial charge on any atom is 1.00 e. The summed E-state index contributed by atoms with van der Waals surface area (Å²) in [6.45, 7) is 41.1. The molecule has 0 aliphatic carbocycles. The molecule has 0 saturated carbocycles. The van der Waals surface area contributed by atoms with E-state index in [0.29, 0.717) is 22.9 Å². The third-order valence-corrected chi connectivity index (χ3v) is 25.7. The Balaban J connectivity index is 0.00000705. The number of nitrogens with zero attached hydrogens (tertiary/aromatic N) is 4. The van der Waals surface area contributed by atoms with Crippen molar-refractivity contribution < 1.29 is 36.9 Å². The predicted octanol–water partition coefficient (Wildman–Crippen LogP) is 5.53. The predicted molar refractivity (Wildman–Crippen MR) is 193 cm³/mol. The van der Waals surface area contributed by atoms with Gasteiger partial charge in [0.15, 0.2) is 25.0 Å². The fraction of sp³-hybridized carbons (Fsp3) is 0.839. The Hall–Kier alpha value is 0.145. The summed E-state index contributed by atoms with van der Waals surface area (Å²) in [4.78, 5) is 14.2. The zero-order valence-corrected chi connectivity index (χ0v) is 36.6. The van der Waals surface area contributed by atoms with Gasteiger partial charge in [-0.1, -0.05) is 93.6 Å². The van der Waals surface area contributed by atoms with Crippen LogP contribution < -0.4 is 24.3 Å². The number of ether oxygens (including phenoxy) is 1. The van der Waals surface area contributed by atoms with E-state index in [4.69, 9.17) is 34.6 Å². The van der Waals surface area contributed by atoms with E-state index in [2.05, 4.69) is 138 Å². The van der Waals surface area contributed by atoms with Crippen molar-refractivity contribution in [3.63, 3.8) is 0 Å². The molecule has 3 heterocycles. The summed E-state index contributed by atoms with van der Waals surface area (Å²) in [5.74, 6) is 0. The first kappa shape index (κ1) is 41.3. The van der Waals surface area contributed by atoms with Crippen molar-refractivity contribution in [2.75, 3.05) is 6.61 Å². The molecule has 0 spiro atoms. The van der Waals surface area contributed by atoms with Crippen LogP contribution in [0.1, 0.15) is 68.5 Å². The smallest absolute Gasteiger partial charge is 0.414 e. The number of hydrogen-bond donors (Lipinski definition) is 0. The van der Waals surface area contributed by atoms with E-state index in [1.807, 2.05) is 4.57 Å². The maximum atomic E-state index is 7.31. The Morgan fingerprint density at radius 1 is 0.756 bits per heavy atom. The number of rotatable bonds is 9. The van der Waals surface area contributed by atoms with Gasteiger partial charge in [0, 0.05) is 12.0 Å². The molecule has 0 radical (unpaired) electrons. The number of imidazole rings is 1. The summed E-state index contributed by atoms with van der Waals surface area (Å²) < 4.78 is 30.3. The van der Waals surface area contributed by atoms with Gasteiger partial charge >= 0.3 is 18.9 Å². The van der Waals surface area contributed by atoms with Crippen molar-refractivity contribution in [3.05, 3.63) is 11.5 Å². The van der Waals surface area contributed by atoms with Crippen LogP contribution in [0.3, 0.4) is 0 Å². The molecule has 2 aromatic rings. The molecule has 2 aromatic heterocycles. The quantitative estimate of drug-likeness (QED) is 0.193. The molecule has 45 heavy (non-hydrogen) atoms. The average Bonchev–Trinajstić information content (AvgIpc) is 3.36. The van der Waals surface area contributed by atoms with Crippen LogP contribution in [0.2, 0.25) is 79.2 Å². The molecule has 0 aromatic carbocycles. The monoisotopic (exact) mass is 706 g/mol. The van der Waals surface area contributed by atoms with E-state index in [9.17, 15) is 0 Å². The minimum absolute atomic E-state index is 0. The van der Waals surface area contributed by atoms with Gasteiger partial charge in [0.1, 0.15) is 32.6 Å². The molecule has 0 amide bonds. The third-order valence-electron chi connectivity index (χ3n) is 10.4. The molecule has 4 atom stereocenters. The van der Waals surface area contributed by atoms with Gasteiger partial charge in [-0.3, -0.25) is 4.98 Å². The Labute approximate surface area is 295 Å². The second-order valence-corrected chi connectivity index (χ2v) is 37.8. The minimum Gasteiger partial charge on any atom is -0.414 e. The first-order valence-corrected chi connectivity index (χ1v) is 28.6. The molecular formula is C31H60ClLiN4O4Si4. The van der Waals surface area contributed by atoms with Crippen LogP contribution in [0, 0.1) is 6.33 Å². The van der Waals surface area contributed by atoms with E-state index in [1.54, 1.807) is 0 Å². The second-order valence-electron chi connectivity index (χ2n) is 18.2. The van der Waals surface area contributed by atoms with Crippen molar-refractivity contribution in [1.29, 1.82) is 0 Å². The van der Waals surface area contributed by atoms with E-state index < -0.39 is 45.4 Å². The molecule has 0 N–H and O–H groups in total. The van der Waals surface area contributed by atoms with Crippen molar-refractivity contribution >= 4 is 61.2 Å². The number of aromatic nitrogens is 4. The first-order chi connectivity index (χ1) is 19.5. The first-order valence-electron chi connectivity index (χ1n) is 16.0. The van der Waals surface area contributed by atoms with Crippen molar-refractivity contribution in [2.24, 2.45) is 0 Å². The van der Waals surface area contributed by atoms with Crippen LogP contribution >= 0.6 is 11.6 Å². The SMILES string of the molecule is CC(C)(C)[Si](C)(C)OC[C@H]1O[C@@H](n2[c-]nc3c(Cl)nc([Si](C)(C)C)nc32)[C@H](O[Si](C)(C)C(C)(C)C)[C@@H]1O[Si](C)(C)C(C)(C)C.[Li+]. The number of hydrogen-bond acceptors (Lipinski definition) is 7. The molecule has 0 unspecified atom stereocenters. The van der Waals surface area contributed by atoms with Gasteiger partial charge in [0.2, 0.25) is 0 Å². The summed E-state index contributed by atoms with van der Waals surface area (Å²) in [6, 6.07) is 0. The van der Waals surface area contributed by atoms with Crippen LogP contribution in [-0.4, -0.2) is 77.5 Å². The topological polar surface area (TPSA) is 80.5 Å². The maximum absolute atomic E-state index is 7.31. The Morgan fingerprint density at radius 2 is 1.22 bits per heavy atom. The van der Waals surface area contributed by atoms with E-state index in [0.717, 1.165) is 5.45 Å². The van der Waals surface area contributed by atoms with E-state index >= 15 is 0 Å². The number of halogens is 1. The van der Waals surface area contributed by atoms with Crippen LogP contribution in [-0.2, 0) is 18.0 Å². The summed E-state index contributed by atoms with van der Waals surface area (Å²) >= 11 is 6.70. The molecule has 1 saturated heterocycles. The minimum atomic E-state index is -2.30. The fourth-order valence-electron chi connectivity index (χ4n) is 4.20. The summed E-state index contributed by atoms with van der Waals surface area (Å²) in [5, 5.41) is 0.381. The fourth-order valence-corrected chi connectivity index (χ4v) is 8.99. The van der Waals surface area contributed by atoms with E-state index in [-0.39, 0.29) is 46.2 Å². The van der Waals surface area contributed by atoms with Gasteiger partial charge in [-0.25, -0.2) is 4.98 Å². The van der Waals surface area contributed by atoms with Crippen LogP contribution in [0.5, 0.6) is 0 Å². The summed E-state index contributed by atoms with van der Waals surface area (Å²) in [7, 11) is -8.54. The van der Waals surface area contributed by atoms with Gasteiger partial charge in [-0.15, -0.1) is 0 Å². The van der Waals surface area contributed by atoms with Crippen LogP contribution in [0.15, 0.2) is 0 Å². The van der Waals surface area contributed by atoms with Gasteiger partial charge < -0.3 is 27.6 Å². The Kier molecular flexibility index (Phi) is 12.4. The van der Waals surface area contributed by atoms with Gasteiger partial charge in [-0.2, -0.15) is 0 Å². The van der Waals surface area contributed by atoms with Gasteiger partial charge in [-0.05, 0) is 59.9 Å². The zero-order chi connectivity index (χ0) is 34.1. The van der Waals surface area contributed by atoms with Crippen molar-refractivity contribution in [3.8, 4) is 0 Å². The molecule has 14 heteroatoms. The third kappa shape index (κ3) is 8.85. The molecule has 1 aliphatic rings. The molecule has 252 valence electrons. The molecule has 1 fully saturated rings. The van der Waals surface area contributed by atoms with E-state index in [1.165, 1.54) is 0 Å². The summed E-state index contributed by atoms with van der Waals surface area (Å²) in [6.07, 6.45) is 1.50. The van der Waals surface area contributed by atoms with Crippen LogP contribution in [0.4, 0.5) is 0 Å². The molecule has 3 rings (SSSR count). The Morgan fingerprint density at radius 3 is 1.67 bits per heavy atom. The Bertz CT molecular complexity index is 1330. The molecular weight excluding hydrogens is 647 g/mol. The standard InChI is InChI=1S/C31H60ClN4O4Si4.Li/c1-29(2,3)42(13,14)37-19-21-23(39-43(15,16)30(4,5)6)24(40-44(17,18)31(7,8)9)27(38-21)36-20-33-22-25(32)34-28(35-26(22)36)41(10,11)12;/h21,23-24,27H,19H2,1-18H3;/q-1;+1/t21-,23-,24-,27-;/m1./s1. The van der Waals surface area contributed by atoms with Crippen molar-refractivity contribution in [1.82, 2.24) is 19.5 Å². The van der Waals surface area contributed by atoms with Crippen LogP contribution in [0.25, 0.3) is 11.2 Å². The van der Waals surface area contributed by atoms with Crippen molar-refractivity contribution in [2.45, 2.75) is 161 Å². The second kappa shape index (κ2) is 13.5. The molecule has 1 aliphatic heterocycles. The zero-order valence-electron chi connectivity index (χ0n) is 31.8. The molecule has 8 nitrogen and oxygen atoms in total. The van der Waals surface area contributed by atoms with Gasteiger partial charge in [0.05, 0.1) is 17.2 Å². The van der Waals surface area contributed by atoms with Gasteiger partial charge in [0.25, 0.3) is 0 Å².